The summed E-state index contributed by atoms with van der Waals surface area (Å²) >= 11 is 0. The van der Waals surface area contributed by atoms with Crippen LogP contribution in [0.15, 0.2) is 5.03 Å². The molecule has 1 aromatic heterocycles. The molecule has 0 saturated carbocycles. The van der Waals surface area contributed by atoms with Crippen LogP contribution < -0.4 is 4.72 Å². The van der Waals surface area contributed by atoms with Gasteiger partial charge in [0.15, 0.2) is 5.03 Å². The molecule has 1 atom stereocenters. The van der Waals surface area contributed by atoms with Gasteiger partial charge in [0, 0.05) is 18.5 Å². The summed E-state index contributed by atoms with van der Waals surface area (Å²) in [6.45, 7) is 10.8. The van der Waals surface area contributed by atoms with Crippen molar-refractivity contribution in [2.45, 2.75) is 71.0 Å². The Kier molecular flexibility index (Phi) is 4.25. The highest BCUT2D eigenvalue weighted by Crippen LogP contribution is 2.30. The molecule has 1 N–H and O–H groups in total. The Hall–Kier alpha value is -0.880. The molecule has 20 heavy (non-hydrogen) atoms. The first-order valence-electron chi connectivity index (χ1n) is 7.34. The van der Waals surface area contributed by atoms with E-state index in [1.54, 1.807) is 0 Å². The van der Waals surface area contributed by atoms with E-state index in [1.165, 1.54) is 0 Å². The molecule has 0 radical (unpaired) electrons. The van der Waals surface area contributed by atoms with Crippen LogP contribution in [0.4, 0.5) is 0 Å². The third kappa shape index (κ3) is 2.91. The van der Waals surface area contributed by atoms with E-state index < -0.39 is 10.0 Å². The van der Waals surface area contributed by atoms with Crippen molar-refractivity contribution in [1.29, 1.82) is 0 Å². The minimum absolute atomic E-state index is 0.124. The molecule has 1 aliphatic heterocycles. The van der Waals surface area contributed by atoms with Gasteiger partial charge in [0.05, 0.1) is 5.69 Å². The lowest BCUT2D eigenvalue weighted by molar-refractivity contribution is 0.401. The maximum absolute atomic E-state index is 12.5. The third-order valence-corrected chi connectivity index (χ3v) is 5.23. The van der Waals surface area contributed by atoms with E-state index in [2.05, 4.69) is 35.0 Å². The highest BCUT2D eigenvalue weighted by Gasteiger charge is 2.31. The number of hydrogen-bond donors (Lipinski definition) is 1. The molecule has 114 valence electrons. The van der Waals surface area contributed by atoms with Crippen molar-refractivity contribution in [3.8, 4) is 0 Å². The quantitative estimate of drug-likeness (QED) is 0.927. The Bertz CT molecular complexity index is 588. The number of aromatic nitrogens is 2. The predicted octanol–water partition coefficient (Wildman–Crippen LogP) is 2.28. The molecule has 1 unspecified atom stereocenters. The van der Waals surface area contributed by atoms with Crippen LogP contribution in [0.5, 0.6) is 0 Å². The van der Waals surface area contributed by atoms with Crippen molar-refractivity contribution in [3.05, 3.63) is 11.5 Å². The van der Waals surface area contributed by atoms with E-state index in [9.17, 15) is 8.42 Å². The molecule has 0 amide bonds. The second-order valence-corrected chi connectivity index (χ2v) is 8.03. The average Bonchev–Trinajstić information content (AvgIpc) is 2.66. The molecule has 2 rings (SSSR count). The first-order valence-corrected chi connectivity index (χ1v) is 8.82. The third-order valence-electron chi connectivity index (χ3n) is 3.61. The Morgan fingerprint density at radius 2 is 1.95 bits per heavy atom. The van der Waals surface area contributed by atoms with Crippen LogP contribution in [-0.2, 0) is 23.0 Å². The number of nitrogens with zero attached hydrogens (tertiary/aromatic N) is 2. The van der Waals surface area contributed by atoms with Crippen molar-refractivity contribution in [1.82, 2.24) is 14.3 Å². The number of imidazole rings is 1. The standard InChI is InChI=1S/C14H25N3O2S/c1-9(2)13-15-14(20(18,19)16-10(3)4)12-8-11(5)6-7-17(12)13/h9-11,16H,6-8H2,1-5H3. The van der Waals surface area contributed by atoms with Gasteiger partial charge in [-0.1, -0.05) is 20.8 Å². The van der Waals surface area contributed by atoms with Gasteiger partial charge >= 0.3 is 0 Å². The second kappa shape index (κ2) is 5.48. The molecule has 1 aromatic rings. The van der Waals surface area contributed by atoms with Crippen molar-refractivity contribution in [2.24, 2.45) is 5.92 Å². The van der Waals surface area contributed by atoms with Gasteiger partial charge in [-0.05, 0) is 32.6 Å². The molecule has 0 bridgehead atoms. The fraction of sp³-hybridized carbons (Fsp3) is 0.786. The van der Waals surface area contributed by atoms with E-state index in [0.29, 0.717) is 5.92 Å². The number of fused-ring (bicyclic) bond motifs is 1. The van der Waals surface area contributed by atoms with Gasteiger partial charge in [-0.15, -0.1) is 0 Å². The lowest BCUT2D eigenvalue weighted by atomic mass is 9.98. The molecule has 0 aliphatic carbocycles. The zero-order valence-corrected chi connectivity index (χ0v) is 13.8. The maximum atomic E-state index is 12.5. The molecular weight excluding hydrogens is 274 g/mol. The Morgan fingerprint density at radius 1 is 1.30 bits per heavy atom. The molecule has 0 saturated heterocycles. The lowest BCUT2D eigenvalue weighted by Crippen LogP contribution is -2.32. The van der Waals surface area contributed by atoms with Crippen LogP contribution in [0.2, 0.25) is 0 Å². The Morgan fingerprint density at radius 3 is 2.50 bits per heavy atom. The number of nitrogens with one attached hydrogen (secondary N) is 1. The van der Waals surface area contributed by atoms with Crippen LogP contribution in [0.3, 0.4) is 0 Å². The second-order valence-electron chi connectivity index (χ2n) is 6.40. The average molecular weight is 299 g/mol. The Labute approximate surface area is 121 Å². The molecule has 5 nitrogen and oxygen atoms in total. The first-order chi connectivity index (χ1) is 9.22. The first kappa shape index (κ1) is 15.5. The molecule has 1 aliphatic rings. The summed E-state index contributed by atoms with van der Waals surface area (Å²) in [5, 5.41) is 0.237. The predicted molar refractivity (Wildman–Crippen MR) is 79.3 cm³/mol. The lowest BCUT2D eigenvalue weighted by Gasteiger charge is -2.23. The van der Waals surface area contributed by atoms with Crippen LogP contribution in [0, 0.1) is 5.92 Å². The fourth-order valence-corrected chi connectivity index (χ4v) is 4.18. The SMILES string of the molecule is CC1CCn2c(C(C)C)nc(S(=O)(=O)NC(C)C)c2C1. The van der Waals surface area contributed by atoms with Gasteiger partial charge < -0.3 is 4.57 Å². The number of sulfonamides is 1. The summed E-state index contributed by atoms with van der Waals surface area (Å²) in [5.74, 6) is 1.62. The molecule has 2 heterocycles. The summed E-state index contributed by atoms with van der Waals surface area (Å²) < 4.78 is 29.7. The molecular formula is C14H25N3O2S. The van der Waals surface area contributed by atoms with Crippen LogP contribution in [0.1, 0.15) is 58.5 Å². The normalized spacial score (nSPS) is 19.6. The molecule has 0 fully saturated rings. The summed E-state index contributed by atoms with van der Waals surface area (Å²) in [6, 6.07) is -0.124. The van der Waals surface area contributed by atoms with Crippen molar-refractivity contribution < 1.29 is 8.42 Å². The summed E-state index contributed by atoms with van der Waals surface area (Å²) in [5.41, 5.74) is 0.876. The molecule has 0 aromatic carbocycles. The Balaban J connectivity index is 2.54. The van der Waals surface area contributed by atoms with Crippen molar-refractivity contribution in [3.63, 3.8) is 0 Å². The van der Waals surface area contributed by atoms with E-state index in [-0.39, 0.29) is 17.0 Å². The number of hydrogen-bond acceptors (Lipinski definition) is 3. The van der Waals surface area contributed by atoms with Crippen LogP contribution in [-0.4, -0.2) is 24.0 Å². The molecule has 6 heteroatoms. The van der Waals surface area contributed by atoms with Gasteiger partial charge in [0.1, 0.15) is 5.82 Å². The number of rotatable bonds is 4. The van der Waals surface area contributed by atoms with Gasteiger partial charge in [-0.3, -0.25) is 0 Å². The minimum Gasteiger partial charge on any atom is -0.330 e. The van der Waals surface area contributed by atoms with Gasteiger partial charge in [-0.25, -0.2) is 18.1 Å². The zero-order valence-electron chi connectivity index (χ0n) is 13.0. The van der Waals surface area contributed by atoms with Gasteiger partial charge in [-0.2, -0.15) is 0 Å². The molecule has 0 spiro atoms. The summed E-state index contributed by atoms with van der Waals surface area (Å²) in [4.78, 5) is 4.46. The zero-order chi connectivity index (χ0) is 15.1. The van der Waals surface area contributed by atoms with E-state index in [1.807, 2.05) is 13.8 Å². The van der Waals surface area contributed by atoms with Crippen LogP contribution in [0.25, 0.3) is 0 Å². The summed E-state index contributed by atoms with van der Waals surface area (Å²) in [7, 11) is -3.52. The highest BCUT2D eigenvalue weighted by atomic mass is 32.2. The van der Waals surface area contributed by atoms with E-state index in [0.717, 1.165) is 30.9 Å². The van der Waals surface area contributed by atoms with E-state index in [4.69, 9.17) is 0 Å². The van der Waals surface area contributed by atoms with Gasteiger partial charge in [0.2, 0.25) is 0 Å². The van der Waals surface area contributed by atoms with Gasteiger partial charge in [0.25, 0.3) is 10.0 Å². The topological polar surface area (TPSA) is 64.0 Å². The smallest absolute Gasteiger partial charge is 0.260 e. The highest BCUT2D eigenvalue weighted by molar-refractivity contribution is 7.89. The minimum atomic E-state index is -3.52. The maximum Gasteiger partial charge on any atom is 0.260 e. The van der Waals surface area contributed by atoms with E-state index >= 15 is 0 Å². The van der Waals surface area contributed by atoms with Crippen molar-refractivity contribution >= 4 is 10.0 Å². The largest absolute Gasteiger partial charge is 0.330 e. The van der Waals surface area contributed by atoms with Crippen LogP contribution >= 0.6 is 0 Å². The van der Waals surface area contributed by atoms with Crippen molar-refractivity contribution in [2.75, 3.05) is 0 Å². The monoisotopic (exact) mass is 299 g/mol. The summed E-state index contributed by atoms with van der Waals surface area (Å²) in [6.07, 6.45) is 1.87. The fourth-order valence-electron chi connectivity index (χ4n) is 2.73.